The largest absolute Gasteiger partial charge is 0.395 e. The summed E-state index contributed by atoms with van der Waals surface area (Å²) in [4.78, 5) is 6.72. The number of nitrogens with zero attached hydrogens (tertiary/aromatic N) is 2. The average Bonchev–Trinajstić information content (AvgIpc) is 2.45. The number of para-hydroxylation sites is 1. The molecule has 0 amide bonds. The predicted molar refractivity (Wildman–Crippen MR) is 84.0 cm³/mol. The fourth-order valence-electron chi connectivity index (χ4n) is 2.29. The highest BCUT2D eigenvalue weighted by Gasteiger charge is 2.13. The second-order valence-corrected chi connectivity index (χ2v) is 5.14. The molecule has 2 aromatic rings. The Hall–Kier alpha value is -1.42. The maximum atomic E-state index is 9.11. The third kappa shape index (κ3) is 3.18. The molecule has 2 rings (SSSR count). The molecule has 1 N–H and O–H groups in total. The van der Waals surface area contributed by atoms with E-state index < -0.39 is 0 Å². The lowest BCUT2D eigenvalue weighted by atomic mass is 10.1. The fraction of sp³-hybridized carbons (Fsp3) is 0.312. The van der Waals surface area contributed by atoms with Crippen LogP contribution in [0.1, 0.15) is 11.3 Å². The van der Waals surface area contributed by atoms with Crippen LogP contribution < -0.4 is 0 Å². The first kappa shape index (κ1) is 15.0. The molecule has 0 radical (unpaired) electrons. The van der Waals surface area contributed by atoms with Gasteiger partial charge in [0.2, 0.25) is 0 Å². The molecule has 0 aliphatic heterocycles. The highest BCUT2D eigenvalue weighted by Crippen LogP contribution is 2.27. The summed E-state index contributed by atoms with van der Waals surface area (Å²) in [5.74, 6) is 0. The number of hydrogen-bond acceptors (Lipinski definition) is 3. The van der Waals surface area contributed by atoms with Gasteiger partial charge in [-0.25, -0.2) is 4.98 Å². The number of rotatable bonds is 6. The normalized spacial score (nSPS) is 11.2. The molecule has 0 fully saturated rings. The third-order valence-electron chi connectivity index (χ3n) is 3.32. The number of aryl methyl sites for hydroxylation is 1. The lowest BCUT2D eigenvalue weighted by molar-refractivity contribution is 0.202. The Morgan fingerprint density at radius 2 is 2.15 bits per heavy atom. The van der Waals surface area contributed by atoms with Crippen molar-refractivity contribution < 1.29 is 5.11 Å². The quantitative estimate of drug-likeness (QED) is 0.830. The number of aliphatic hydroxyl groups excluding tert-OH is 1. The predicted octanol–water partition coefficient (Wildman–Crippen LogP) is 3.18. The first-order valence-electron chi connectivity index (χ1n) is 6.65. The lowest BCUT2D eigenvalue weighted by Crippen LogP contribution is -2.27. The summed E-state index contributed by atoms with van der Waals surface area (Å²) in [5.41, 5.74) is 2.85. The Kier molecular flexibility index (Phi) is 5.12. The van der Waals surface area contributed by atoms with Gasteiger partial charge in [-0.3, -0.25) is 4.90 Å². The van der Waals surface area contributed by atoms with Crippen LogP contribution in [0.25, 0.3) is 10.9 Å². The number of aliphatic hydroxyl groups is 1. The molecule has 0 bridgehead atoms. The number of hydrogen-bond donors (Lipinski definition) is 1. The Morgan fingerprint density at radius 1 is 1.40 bits per heavy atom. The maximum Gasteiger partial charge on any atom is 0.0740 e. The van der Waals surface area contributed by atoms with Gasteiger partial charge < -0.3 is 5.11 Å². The van der Waals surface area contributed by atoms with Gasteiger partial charge >= 0.3 is 0 Å². The first-order valence-corrected chi connectivity index (χ1v) is 7.03. The molecule has 1 heterocycles. The van der Waals surface area contributed by atoms with Crippen molar-refractivity contribution in [3.05, 3.63) is 53.2 Å². The molecule has 1 aromatic heterocycles. The summed E-state index contributed by atoms with van der Waals surface area (Å²) in [6, 6.07) is 7.99. The molecule has 0 saturated carbocycles. The van der Waals surface area contributed by atoms with Crippen LogP contribution in [0.4, 0.5) is 0 Å². The highest BCUT2D eigenvalue weighted by atomic mass is 35.5. The monoisotopic (exact) mass is 290 g/mol. The van der Waals surface area contributed by atoms with Gasteiger partial charge in [0.1, 0.15) is 0 Å². The van der Waals surface area contributed by atoms with Gasteiger partial charge in [-0.1, -0.05) is 35.9 Å². The molecule has 0 saturated heterocycles. The van der Waals surface area contributed by atoms with Gasteiger partial charge in [-0.05, 0) is 18.6 Å². The molecule has 3 nitrogen and oxygen atoms in total. The SMILES string of the molecule is C=CCN(CCO)Cc1nc2ccccc2c(C)c1Cl. The minimum absolute atomic E-state index is 0.109. The Balaban J connectivity index is 2.38. The van der Waals surface area contributed by atoms with E-state index >= 15 is 0 Å². The van der Waals surface area contributed by atoms with Crippen LogP contribution in [-0.4, -0.2) is 34.7 Å². The average molecular weight is 291 g/mol. The zero-order valence-electron chi connectivity index (χ0n) is 11.6. The van der Waals surface area contributed by atoms with Gasteiger partial charge in [0, 0.05) is 25.0 Å². The number of pyridine rings is 1. The van der Waals surface area contributed by atoms with Gasteiger partial charge in [0.25, 0.3) is 0 Å². The first-order chi connectivity index (χ1) is 9.67. The Bertz CT molecular complexity index is 613. The van der Waals surface area contributed by atoms with Crippen LogP contribution in [0.2, 0.25) is 5.02 Å². The van der Waals surface area contributed by atoms with E-state index in [-0.39, 0.29) is 6.61 Å². The minimum atomic E-state index is 0.109. The van der Waals surface area contributed by atoms with E-state index in [0.717, 1.165) is 22.2 Å². The van der Waals surface area contributed by atoms with E-state index in [9.17, 15) is 0 Å². The van der Waals surface area contributed by atoms with Crippen molar-refractivity contribution in [2.45, 2.75) is 13.5 Å². The van der Waals surface area contributed by atoms with Crippen molar-refractivity contribution >= 4 is 22.5 Å². The van der Waals surface area contributed by atoms with Crippen molar-refractivity contribution in [3.63, 3.8) is 0 Å². The Labute approximate surface area is 124 Å². The molecule has 0 atom stereocenters. The van der Waals surface area contributed by atoms with Crippen molar-refractivity contribution in [1.82, 2.24) is 9.88 Å². The summed E-state index contributed by atoms with van der Waals surface area (Å²) in [6.45, 7) is 7.75. The number of halogens is 1. The van der Waals surface area contributed by atoms with Crippen molar-refractivity contribution in [1.29, 1.82) is 0 Å². The second-order valence-electron chi connectivity index (χ2n) is 4.76. The molecule has 4 heteroatoms. The smallest absolute Gasteiger partial charge is 0.0740 e. The topological polar surface area (TPSA) is 36.4 Å². The van der Waals surface area contributed by atoms with E-state index in [1.807, 2.05) is 37.3 Å². The standard InChI is InChI=1S/C16H19ClN2O/c1-3-8-19(9-10-20)11-15-16(17)12(2)13-6-4-5-7-14(13)18-15/h3-7,20H,1,8-11H2,2H3. The Morgan fingerprint density at radius 3 is 2.85 bits per heavy atom. The van der Waals surface area contributed by atoms with Crippen LogP contribution in [0, 0.1) is 6.92 Å². The molecule has 20 heavy (non-hydrogen) atoms. The van der Waals surface area contributed by atoms with E-state index in [0.29, 0.717) is 24.7 Å². The van der Waals surface area contributed by atoms with Crippen LogP contribution in [0.5, 0.6) is 0 Å². The second kappa shape index (κ2) is 6.84. The molecular formula is C16H19ClN2O. The van der Waals surface area contributed by atoms with Crippen LogP contribution in [0.3, 0.4) is 0 Å². The lowest BCUT2D eigenvalue weighted by Gasteiger charge is -2.20. The third-order valence-corrected chi connectivity index (χ3v) is 3.82. The van der Waals surface area contributed by atoms with Gasteiger partial charge in [-0.15, -0.1) is 6.58 Å². The zero-order chi connectivity index (χ0) is 14.5. The van der Waals surface area contributed by atoms with Crippen LogP contribution in [0.15, 0.2) is 36.9 Å². The maximum absolute atomic E-state index is 9.11. The van der Waals surface area contributed by atoms with Crippen molar-refractivity contribution in [2.75, 3.05) is 19.7 Å². The van der Waals surface area contributed by atoms with Crippen molar-refractivity contribution in [2.24, 2.45) is 0 Å². The highest BCUT2D eigenvalue weighted by molar-refractivity contribution is 6.32. The summed E-state index contributed by atoms with van der Waals surface area (Å²) in [5, 5.41) is 10.9. The van der Waals surface area contributed by atoms with Crippen molar-refractivity contribution in [3.8, 4) is 0 Å². The fourth-order valence-corrected chi connectivity index (χ4v) is 2.50. The number of aromatic nitrogens is 1. The molecule has 0 aliphatic rings. The van der Waals surface area contributed by atoms with Gasteiger partial charge in [-0.2, -0.15) is 0 Å². The van der Waals surface area contributed by atoms with E-state index in [2.05, 4.69) is 16.5 Å². The van der Waals surface area contributed by atoms with Gasteiger partial charge in [0.15, 0.2) is 0 Å². The van der Waals surface area contributed by atoms with Crippen LogP contribution >= 0.6 is 11.6 Å². The van der Waals surface area contributed by atoms with Crippen LogP contribution in [-0.2, 0) is 6.54 Å². The molecule has 0 spiro atoms. The summed E-state index contributed by atoms with van der Waals surface area (Å²) >= 11 is 6.44. The number of benzene rings is 1. The number of fused-ring (bicyclic) bond motifs is 1. The molecular weight excluding hydrogens is 272 g/mol. The minimum Gasteiger partial charge on any atom is -0.395 e. The molecule has 1 aromatic carbocycles. The molecule has 0 aliphatic carbocycles. The molecule has 0 unspecified atom stereocenters. The van der Waals surface area contributed by atoms with E-state index in [4.69, 9.17) is 16.7 Å². The van der Waals surface area contributed by atoms with Gasteiger partial charge in [0.05, 0.1) is 22.8 Å². The summed E-state index contributed by atoms with van der Waals surface area (Å²) < 4.78 is 0. The van der Waals surface area contributed by atoms with E-state index in [1.165, 1.54) is 0 Å². The molecule has 106 valence electrons. The summed E-state index contributed by atoms with van der Waals surface area (Å²) in [7, 11) is 0. The summed E-state index contributed by atoms with van der Waals surface area (Å²) in [6.07, 6.45) is 1.82. The zero-order valence-corrected chi connectivity index (χ0v) is 12.4. The van der Waals surface area contributed by atoms with E-state index in [1.54, 1.807) is 0 Å².